The summed E-state index contributed by atoms with van der Waals surface area (Å²) in [4.78, 5) is 17.5. The minimum absolute atomic E-state index is 0.0257. The van der Waals surface area contributed by atoms with E-state index in [0.29, 0.717) is 34.7 Å². The Hall–Kier alpha value is -1.94. The molecule has 2 aromatic rings. The smallest absolute Gasteiger partial charge is 0.336 e. The van der Waals surface area contributed by atoms with Gasteiger partial charge in [-0.2, -0.15) is 0 Å². The predicted octanol–water partition coefficient (Wildman–Crippen LogP) is 5.35. The van der Waals surface area contributed by atoms with Gasteiger partial charge in [-0.3, -0.25) is 4.98 Å². The van der Waals surface area contributed by atoms with Crippen molar-refractivity contribution in [2.45, 2.75) is 76.7 Å². The van der Waals surface area contributed by atoms with Crippen LogP contribution in [0.4, 0.5) is 0 Å². The molecule has 2 N–H and O–H groups in total. The van der Waals surface area contributed by atoms with E-state index >= 15 is 0 Å². The highest BCUT2D eigenvalue weighted by Gasteiger charge is 2.60. The van der Waals surface area contributed by atoms with E-state index in [1.807, 2.05) is 24.3 Å². The number of benzene rings is 1. The zero-order chi connectivity index (χ0) is 21.5. The third-order valence-corrected chi connectivity index (χ3v) is 10.2. The zero-order valence-electron chi connectivity index (χ0n) is 18.6. The first-order chi connectivity index (χ1) is 14.8. The van der Waals surface area contributed by atoms with Gasteiger partial charge in [-0.25, -0.2) is 4.79 Å². The van der Waals surface area contributed by atoms with E-state index in [1.165, 1.54) is 19.3 Å². The number of aromatic carboxylic acids is 1. The van der Waals surface area contributed by atoms with Crippen molar-refractivity contribution in [2.24, 2.45) is 29.1 Å². The summed E-state index contributed by atoms with van der Waals surface area (Å²) in [6, 6.07) is 7.75. The number of hydrogen-bond donors (Lipinski definition) is 2. The first-order valence-corrected chi connectivity index (χ1v) is 12.2. The largest absolute Gasteiger partial charge is 0.478 e. The molecule has 0 aliphatic heterocycles. The third-order valence-electron chi connectivity index (χ3n) is 10.2. The van der Waals surface area contributed by atoms with Gasteiger partial charge < -0.3 is 10.2 Å². The number of hydrogen-bond acceptors (Lipinski definition) is 3. The molecule has 1 heterocycles. The maximum absolute atomic E-state index is 12.4. The molecule has 4 nitrogen and oxygen atoms in total. The number of carbonyl (C=O) groups is 1. The zero-order valence-corrected chi connectivity index (χ0v) is 18.6. The van der Waals surface area contributed by atoms with E-state index in [9.17, 15) is 15.0 Å². The van der Waals surface area contributed by atoms with Crippen LogP contribution in [0.15, 0.2) is 24.3 Å². The van der Waals surface area contributed by atoms with Crippen LogP contribution < -0.4 is 0 Å². The molecule has 4 aliphatic rings. The van der Waals surface area contributed by atoms with Crippen molar-refractivity contribution in [3.05, 3.63) is 41.1 Å². The molecule has 0 bridgehead atoms. The summed E-state index contributed by atoms with van der Waals surface area (Å²) in [5.41, 5.74) is 3.69. The van der Waals surface area contributed by atoms with Gasteiger partial charge >= 0.3 is 5.97 Å². The Kier molecular flexibility index (Phi) is 4.16. The minimum Gasteiger partial charge on any atom is -0.478 e. The number of carboxylic acid groups (broad SMARTS) is 1. The van der Waals surface area contributed by atoms with E-state index in [0.717, 1.165) is 54.3 Å². The van der Waals surface area contributed by atoms with Crippen LogP contribution in [0.1, 0.15) is 80.4 Å². The van der Waals surface area contributed by atoms with Crippen molar-refractivity contribution in [2.75, 3.05) is 0 Å². The molecule has 7 atom stereocenters. The fourth-order valence-electron chi connectivity index (χ4n) is 8.61. The molecule has 3 fully saturated rings. The second-order valence-electron chi connectivity index (χ2n) is 11.4. The van der Waals surface area contributed by atoms with Crippen molar-refractivity contribution in [3.8, 4) is 0 Å². The molecule has 4 aliphatic carbocycles. The summed E-state index contributed by atoms with van der Waals surface area (Å²) in [6.07, 6.45) is 8.51. The van der Waals surface area contributed by atoms with Crippen molar-refractivity contribution >= 4 is 16.9 Å². The molecule has 0 amide bonds. The molecular formula is C27H33NO3. The molecule has 0 unspecified atom stereocenters. The molecule has 0 radical (unpaired) electrons. The Morgan fingerprint density at radius 2 is 1.87 bits per heavy atom. The van der Waals surface area contributed by atoms with E-state index in [4.69, 9.17) is 4.98 Å². The molecule has 31 heavy (non-hydrogen) atoms. The van der Waals surface area contributed by atoms with Crippen LogP contribution in [0.3, 0.4) is 0 Å². The second kappa shape index (κ2) is 6.54. The second-order valence-corrected chi connectivity index (χ2v) is 11.4. The van der Waals surface area contributed by atoms with Gasteiger partial charge in [0.25, 0.3) is 0 Å². The molecule has 3 saturated carbocycles. The summed E-state index contributed by atoms with van der Waals surface area (Å²) in [6.45, 7) is 4.87. The number of pyridine rings is 1. The van der Waals surface area contributed by atoms with Crippen molar-refractivity contribution < 1.29 is 15.0 Å². The Morgan fingerprint density at radius 1 is 1.06 bits per heavy atom. The van der Waals surface area contributed by atoms with Gasteiger partial charge in [-0.15, -0.1) is 0 Å². The van der Waals surface area contributed by atoms with Gasteiger partial charge in [0.1, 0.15) is 0 Å². The van der Waals surface area contributed by atoms with E-state index in [1.54, 1.807) is 0 Å². The average Bonchev–Trinajstić information content (AvgIpc) is 3.04. The number of aliphatic hydroxyl groups is 1. The Bertz CT molecular complexity index is 1080. The van der Waals surface area contributed by atoms with Gasteiger partial charge in [-0.1, -0.05) is 32.0 Å². The number of rotatable bonds is 1. The molecule has 0 spiro atoms. The predicted molar refractivity (Wildman–Crippen MR) is 120 cm³/mol. The fourth-order valence-corrected chi connectivity index (χ4v) is 8.61. The number of nitrogens with zero attached hydrogens (tertiary/aromatic N) is 1. The maximum Gasteiger partial charge on any atom is 0.336 e. The Labute approximate surface area is 184 Å². The highest BCUT2D eigenvalue weighted by molar-refractivity contribution is 6.04. The average molecular weight is 420 g/mol. The van der Waals surface area contributed by atoms with Crippen LogP contribution in [-0.4, -0.2) is 27.3 Å². The summed E-state index contributed by atoms with van der Waals surface area (Å²) in [5.74, 6) is 1.63. The quantitative estimate of drug-likeness (QED) is 0.654. The first-order valence-electron chi connectivity index (χ1n) is 12.2. The molecule has 1 aromatic carbocycles. The van der Waals surface area contributed by atoms with Crippen molar-refractivity contribution in [3.63, 3.8) is 0 Å². The van der Waals surface area contributed by atoms with Crippen LogP contribution in [0.25, 0.3) is 10.9 Å². The van der Waals surface area contributed by atoms with Gasteiger partial charge in [0.2, 0.25) is 0 Å². The fraction of sp³-hybridized carbons (Fsp3) is 0.630. The Morgan fingerprint density at radius 3 is 2.68 bits per heavy atom. The van der Waals surface area contributed by atoms with Gasteiger partial charge in [0, 0.05) is 10.8 Å². The molecular weight excluding hydrogens is 386 g/mol. The standard InChI is InChI=1S/C27H33NO3/c1-26-11-9-16(29)13-15(26)7-8-17-20(26)10-12-27(2)21(17)14-19-23(25(30)31)18-5-3-4-6-22(18)28-24(19)27/h3-6,15-17,20-21,29H,7-14H2,1-2H3,(H,30,31)/t15-,16-,17+,20-,21-,26-,27-/m0/s1. The van der Waals surface area contributed by atoms with Crippen LogP contribution in [0.5, 0.6) is 0 Å². The lowest BCUT2D eigenvalue weighted by Crippen LogP contribution is -2.54. The van der Waals surface area contributed by atoms with Crippen LogP contribution in [0.2, 0.25) is 0 Å². The normalized spacial score (nSPS) is 41.2. The van der Waals surface area contributed by atoms with E-state index in [2.05, 4.69) is 13.8 Å². The van der Waals surface area contributed by atoms with E-state index in [-0.39, 0.29) is 11.5 Å². The van der Waals surface area contributed by atoms with Gasteiger partial charge in [-0.05, 0) is 92.1 Å². The van der Waals surface area contributed by atoms with E-state index < -0.39 is 5.97 Å². The lowest BCUT2D eigenvalue weighted by atomic mass is 9.45. The maximum atomic E-state index is 12.4. The van der Waals surface area contributed by atoms with Crippen LogP contribution in [-0.2, 0) is 11.8 Å². The monoisotopic (exact) mass is 419 g/mol. The molecule has 0 saturated heterocycles. The Balaban J connectivity index is 1.45. The highest BCUT2D eigenvalue weighted by atomic mass is 16.4. The number of fused-ring (bicyclic) bond motifs is 8. The summed E-state index contributed by atoms with van der Waals surface area (Å²) >= 11 is 0. The molecule has 6 rings (SSSR count). The highest BCUT2D eigenvalue weighted by Crippen LogP contribution is 2.65. The topological polar surface area (TPSA) is 70.4 Å². The molecule has 1 aromatic heterocycles. The van der Waals surface area contributed by atoms with Crippen LogP contribution in [0, 0.1) is 29.1 Å². The lowest BCUT2D eigenvalue weighted by molar-refractivity contribution is -0.111. The summed E-state index contributed by atoms with van der Waals surface area (Å²) in [5, 5.41) is 21.2. The SMILES string of the molecule is C[C@]12CC[C@H](O)C[C@@H]1CC[C@@H]1[C@@H]2CC[C@]2(C)c3nc4ccccc4c(C(=O)O)c3C[C@@H]12. The number of para-hydroxylation sites is 1. The van der Waals surface area contributed by atoms with Crippen molar-refractivity contribution in [1.82, 2.24) is 4.98 Å². The lowest BCUT2D eigenvalue weighted by Gasteiger charge is -2.60. The number of carboxylic acids is 1. The minimum atomic E-state index is -0.814. The molecule has 4 heteroatoms. The summed E-state index contributed by atoms with van der Waals surface area (Å²) < 4.78 is 0. The number of aromatic nitrogens is 1. The van der Waals surface area contributed by atoms with Crippen molar-refractivity contribution in [1.29, 1.82) is 0 Å². The first kappa shape index (κ1) is 19.7. The van der Waals surface area contributed by atoms with Crippen LogP contribution >= 0.6 is 0 Å². The summed E-state index contributed by atoms with van der Waals surface area (Å²) in [7, 11) is 0. The van der Waals surface area contributed by atoms with Gasteiger partial charge in [0.05, 0.1) is 22.9 Å². The third kappa shape index (κ3) is 2.57. The van der Waals surface area contributed by atoms with Gasteiger partial charge in [0.15, 0.2) is 0 Å². The number of aliphatic hydroxyl groups excluding tert-OH is 1. The molecule has 164 valence electrons.